The number of ether oxygens (including phenoxy) is 2. The summed E-state index contributed by atoms with van der Waals surface area (Å²) >= 11 is 1.73. The van der Waals surface area contributed by atoms with Crippen molar-refractivity contribution in [2.24, 2.45) is 0 Å². The molecule has 1 saturated heterocycles. The van der Waals surface area contributed by atoms with Gasteiger partial charge < -0.3 is 19.3 Å². The second-order valence-electron chi connectivity index (χ2n) is 9.85. The third kappa shape index (κ3) is 6.40. The lowest BCUT2D eigenvalue weighted by Crippen LogP contribution is -2.49. The van der Waals surface area contributed by atoms with Crippen LogP contribution in [0.25, 0.3) is 0 Å². The van der Waals surface area contributed by atoms with Gasteiger partial charge >= 0.3 is 0 Å². The summed E-state index contributed by atoms with van der Waals surface area (Å²) in [4.78, 5) is 32.1. The largest absolute Gasteiger partial charge is 0.491 e. The van der Waals surface area contributed by atoms with Crippen LogP contribution in [0.5, 0.6) is 5.75 Å². The minimum absolute atomic E-state index is 0.0157. The number of hydrogen-bond donors (Lipinski definition) is 0. The van der Waals surface area contributed by atoms with Gasteiger partial charge in [0.1, 0.15) is 12.4 Å². The molecule has 2 aromatic carbocycles. The van der Waals surface area contributed by atoms with Gasteiger partial charge in [-0.25, -0.2) is 0 Å². The molecule has 0 bridgehead atoms. The molecule has 5 rings (SSSR count). The average molecular weight is 519 g/mol. The maximum atomic E-state index is 13.8. The SMILES string of the molecule is Cc1ccc(OC[C@H]2c3ccsc3CCN2C(=O)CN(C[C@@H]2CCCO2)C(=O)Cc2ccccc2)cc1. The van der Waals surface area contributed by atoms with Crippen LogP contribution in [-0.4, -0.2) is 60.6 Å². The van der Waals surface area contributed by atoms with E-state index in [1.165, 1.54) is 10.4 Å². The van der Waals surface area contributed by atoms with E-state index in [1.54, 1.807) is 16.2 Å². The van der Waals surface area contributed by atoms with E-state index in [2.05, 4.69) is 11.4 Å². The predicted molar refractivity (Wildman–Crippen MR) is 145 cm³/mol. The summed E-state index contributed by atoms with van der Waals surface area (Å²) in [7, 11) is 0. The fourth-order valence-corrected chi connectivity index (χ4v) is 6.04. The van der Waals surface area contributed by atoms with Crippen molar-refractivity contribution in [2.75, 3.05) is 32.8 Å². The summed E-state index contributed by atoms with van der Waals surface area (Å²) in [5.74, 6) is 0.697. The van der Waals surface area contributed by atoms with Crippen LogP contribution in [0, 0.1) is 6.92 Å². The number of benzene rings is 2. The van der Waals surface area contributed by atoms with Crippen LogP contribution in [-0.2, 0) is 27.2 Å². The molecular formula is C30H34N2O4S. The van der Waals surface area contributed by atoms with E-state index in [0.29, 0.717) is 26.3 Å². The third-order valence-corrected chi connectivity index (χ3v) is 8.17. The molecule has 3 aromatic rings. The molecule has 3 heterocycles. The highest BCUT2D eigenvalue weighted by Crippen LogP contribution is 2.34. The first-order chi connectivity index (χ1) is 18.1. The second-order valence-corrected chi connectivity index (χ2v) is 10.8. The summed E-state index contributed by atoms with van der Waals surface area (Å²) in [5, 5.41) is 2.09. The molecule has 0 unspecified atom stereocenters. The Morgan fingerprint density at radius 2 is 1.92 bits per heavy atom. The number of hydrogen-bond acceptors (Lipinski definition) is 5. The van der Waals surface area contributed by atoms with Gasteiger partial charge in [0.05, 0.1) is 25.1 Å². The Kier molecular flexibility index (Phi) is 8.21. The minimum atomic E-state index is -0.183. The van der Waals surface area contributed by atoms with Gasteiger partial charge in [-0.3, -0.25) is 9.59 Å². The van der Waals surface area contributed by atoms with E-state index in [4.69, 9.17) is 9.47 Å². The van der Waals surface area contributed by atoms with Crippen LogP contribution in [0.15, 0.2) is 66.0 Å². The summed E-state index contributed by atoms with van der Waals surface area (Å²) in [6.45, 7) is 4.25. The van der Waals surface area contributed by atoms with Crippen LogP contribution < -0.4 is 4.74 Å². The topological polar surface area (TPSA) is 59.1 Å². The maximum Gasteiger partial charge on any atom is 0.242 e. The zero-order chi connectivity index (χ0) is 25.6. The van der Waals surface area contributed by atoms with Crippen LogP contribution in [0.4, 0.5) is 0 Å². The highest BCUT2D eigenvalue weighted by atomic mass is 32.1. The standard InChI is InChI=1S/C30H34N2O4S/c1-22-9-11-24(12-10-22)36-21-27-26-14-17-37-28(26)13-15-32(27)30(34)20-31(19-25-8-5-16-35-25)29(33)18-23-6-3-2-4-7-23/h2-4,6-7,9-12,14,17,25,27H,5,8,13,15-16,18-21H2,1H3/t25-,27-/m0/s1. The lowest BCUT2D eigenvalue weighted by molar-refractivity contribution is -0.143. The molecule has 0 N–H and O–H groups in total. The van der Waals surface area contributed by atoms with Crippen LogP contribution in [0.1, 0.15) is 40.5 Å². The van der Waals surface area contributed by atoms with Crippen molar-refractivity contribution in [3.63, 3.8) is 0 Å². The van der Waals surface area contributed by atoms with E-state index < -0.39 is 0 Å². The van der Waals surface area contributed by atoms with E-state index >= 15 is 0 Å². The second kappa shape index (κ2) is 11.9. The number of rotatable bonds is 9. The van der Waals surface area contributed by atoms with Crippen LogP contribution >= 0.6 is 11.3 Å². The molecule has 0 spiro atoms. The molecule has 194 valence electrons. The van der Waals surface area contributed by atoms with Crippen molar-refractivity contribution in [1.29, 1.82) is 0 Å². The molecule has 0 aliphatic carbocycles. The molecule has 2 aliphatic heterocycles. The molecule has 2 aliphatic rings. The third-order valence-electron chi connectivity index (χ3n) is 7.17. The Bertz CT molecular complexity index is 1190. The Balaban J connectivity index is 1.31. The molecule has 2 atom stereocenters. The quantitative estimate of drug-likeness (QED) is 0.408. The summed E-state index contributed by atoms with van der Waals surface area (Å²) in [6.07, 6.45) is 2.99. The van der Waals surface area contributed by atoms with Crippen molar-refractivity contribution in [3.8, 4) is 5.75 Å². The van der Waals surface area contributed by atoms with Gasteiger partial charge in [0, 0.05) is 24.6 Å². The van der Waals surface area contributed by atoms with Gasteiger partial charge in [0.25, 0.3) is 0 Å². The van der Waals surface area contributed by atoms with E-state index in [0.717, 1.165) is 36.1 Å². The lowest BCUT2D eigenvalue weighted by Gasteiger charge is -2.37. The molecule has 6 nitrogen and oxygen atoms in total. The van der Waals surface area contributed by atoms with Gasteiger partial charge in [-0.1, -0.05) is 48.0 Å². The van der Waals surface area contributed by atoms with Crippen molar-refractivity contribution in [3.05, 3.63) is 87.6 Å². The first-order valence-electron chi connectivity index (χ1n) is 13.1. The van der Waals surface area contributed by atoms with Crippen molar-refractivity contribution >= 4 is 23.2 Å². The Hall–Kier alpha value is -3.16. The van der Waals surface area contributed by atoms with Gasteiger partial charge in [-0.2, -0.15) is 0 Å². The average Bonchev–Trinajstić information content (AvgIpc) is 3.60. The molecular weight excluding hydrogens is 484 g/mol. The number of carbonyl (C=O) groups is 2. The number of thiophene rings is 1. The van der Waals surface area contributed by atoms with Gasteiger partial charge in [-0.15, -0.1) is 11.3 Å². The molecule has 1 fully saturated rings. The first kappa shape index (κ1) is 25.5. The molecule has 2 amide bonds. The zero-order valence-corrected chi connectivity index (χ0v) is 22.1. The van der Waals surface area contributed by atoms with Crippen molar-refractivity contribution in [2.45, 2.75) is 44.8 Å². The lowest BCUT2D eigenvalue weighted by atomic mass is 10.00. The summed E-state index contributed by atoms with van der Waals surface area (Å²) < 4.78 is 12.0. The van der Waals surface area contributed by atoms with Crippen molar-refractivity contribution in [1.82, 2.24) is 9.80 Å². The number of fused-ring (bicyclic) bond motifs is 1. The number of nitrogens with zero attached hydrogens (tertiary/aromatic N) is 2. The fraction of sp³-hybridized carbons (Fsp3) is 0.400. The highest BCUT2D eigenvalue weighted by molar-refractivity contribution is 7.10. The summed E-state index contributed by atoms with van der Waals surface area (Å²) in [6, 6.07) is 19.6. The zero-order valence-electron chi connectivity index (χ0n) is 21.3. The normalized spacial score (nSPS) is 18.9. The van der Waals surface area contributed by atoms with Crippen molar-refractivity contribution < 1.29 is 19.1 Å². The maximum absolute atomic E-state index is 13.8. The number of aryl methyl sites for hydroxylation is 1. The van der Waals surface area contributed by atoms with E-state index in [1.807, 2.05) is 66.4 Å². The monoisotopic (exact) mass is 518 g/mol. The Labute approximate surface area is 222 Å². The van der Waals surface area contributed by atoms with E-state index in [-0.39, 0.29) is 36.9 Å². The number of amides is 2. The molecule has 37 heavy (non-hydrogen) atoms. The molecule has 1 aromatic heterocycles. The van der Waals surface area contributed by atoms with Crippen LogP contribution in [0.3, 0.4) is 0 Å². The fourth-order valence-electron chi connectivity index (χ4n) is 5.11. The Morgan fingerprint density at radius 3 is 2.68 bits per heavy atom. The minimum Gasteiger partial charge on any atom is -0.491 e. The highest BCUT2D eigenvalue weighted by Gasteiger charge is 2.34. The number of carbonyl (C=O) groups excluding carboxylic acids is 2. The van der Waals surface area contributed by atoms with Gasteiger partial charge in [0.2, 0.25) is 11.8 Å². The molecule has 0 radical (unpaired) electrons. The summed E-state index contributed by atoms with van der Waals surface area (Å²) in [5.41, 5.74) is 3.27. The van der Waals surface area contributed by atoms with Gasteiger partial charge in [-0.05, 0) is 60.9 Å². The molecule has 0 saturated carbocycles. The van der Waals surface area contributed by atoms with Crippen LogP contribution in [0.2, 0.25) is 0 Å². The smallest absolute Gasteiger partial charge is 0.242 e. The Morgan fingerprint density at radius 1 is 1.11 bits per heavy atom. The van der Waals surface area contributed by atoms with E-state index in [9.17, 15) is 9.59 Å². The first-order valence-corrected chi connectivity index (χ1v) is 13.9. The predicted octanol–water partition coefficient (Wildman–Crippen LogP) is 4.81. The van der Waals surface area contributed by atoms with Gasteiger partial charge in [0.15, 0.2) is 0 Å². The molecule has 7 heteroatoms.